The lowest BCUT2D eigenvalue weighted by atomic mass is 9.55. The average molecular weight is 941 g/mol. The molecule has 0 saturated heterocycles. The zero-order chi connectivity index (χ0) is 59.6. The molecule has 1 heterocycles. The van der Waals surface area contributed by atoms with Crippen molar-refractivity contribution in [1.82, 2.24) is 0 Å². The summed E-state index contributed by atoms with van der Waals surface area (Å²) in [6.45, 7) is 0. The van der Waals surface area contributed by atoms with Crippen molar-refractivity contribution in [2.75, 3.05) is 0 Å². The predicted octanol–water partition coefficient (Wildman–Crippen LogP) is -21.8. The number of furan rings is 1. The lowest BCUT2D eigenvalue weighted by molar-refractivity contribution is 0.675. The summed E-state index contributed by atoms with van der Waals surface area (Å²) in [4.78, 5) is 0. The van der Waals surface area contributed by atoms with E-state index in [1.807, 2.05) is 0 Å². The van der Waals surface area contributed by atoms with Gasteiger partial charge >= 0.3 is 0 Å². The first kappa shape index (κ1) is 58.0. The molecule has 0 atom stereocenters. The first-order valence-corrected chi connectivity index (χ1v) is 23.8. The number of hydrogen-bond acceptors (Lipinski definition) is 1. The van der Waals surface area contributed by atoms with E-state index in [2.05, 4.69) is 0 Å². The van der Waals surface area contributed by atoms with Crippen molar-refractivity contribution in [2.45, 2.75) is 0 Å². The molecule has 0 aliphatic carbocycles. The lowest BCUT2D eigenvalue weighted by Crippen LogP contribution is -2.52. The van der Waals surface area contributed by atoms with Crippen molar-refractivity contribution < 1.29 is 4.42 Å². The maximum atomic E-state index is 7.38. The summed E-state index contributed by atoms with van der Waals surface area (Å²) in [5.41, 5.74) is -5.50. The molecule has 81 heavy (non-hydrogen) atoms. The summed E-state index contributed by atoms with van der Waals surface area (Å²) >= 11 is 0. The van der Waals surface area contributed by atoms with E-state index in [4.69, 9.17) is 240 Å². The molecular formula is C50B30O. The van der Waals surface area contributed by atoms with E-state index in [-0.39, 0.29) is 273 Å². The Labute approximate surface area is 509 Å². The molecule has 296 valence electrons. The van der Waals surface area contributed by atoms with E-state index in [0.717, 1.165) is 0 Å². The van der Waals surface area contributed by atoms with E-state index in [1.165, 1.54) is 0 Å². The van der Waals surface area contributed by atoms with E-state index >= 15 is 0 Å². The molecule has 0 saturated carbocycles. The second-order valence-corrected chi connectivity index (χ2v) is 19.9. The van der Waals surface area contributed by atoms with Crippen LogP contribution >= 0.6 is 0 Å². The van der Waals surface area contributed by atoms with Crippen molar-refractivity contribution in [3.63, 3.8) is 0 Å². The molecule has 11 aromatic rings. The minimum Gasteiger partial charge on any atom is -0.457 e. The monoisotopic (exact) mass is 946 g/mol. The standard InChI is InChI=1S/C50B30O/c51-19-3(8-9(27(59)43(75)42(74)26(8)58)10-12(19)33(65)45(77)44(76)28(10)60)1-4-6(24(56)40(72)38(70)22(4)54)2(7-5(1)23(55)39(71)41(73)25(7)57)11-29(61)31(63)15(32(64)30(11)62)13-20(52)18-17-21(53)14-16(35(67)47(79)46(78)34(14)66)37(69)49(17)81-50(18)48(80)36(13)68. The maximum absolute atomic E-state index is 7.38. The Morgan fingerprint density at radius 2 is 0.309 bits per heavy atom. The Morgan fingerprint density at radius 1 is 0.111 bits per heavy atom. The summed E-state index contributed by atoms with van der Waals surface area (Å²) in [7, 11) is 206. The van der Waals surface area contributed by atoms with Gasteiger partial charge in [0, 0.05) is 10.8 Å². The van der Waals surface area contributed by atoms with E-state index in [0.29, 0.717) is 0 Å². The van der Waals surface area contributed by atoms with Gasteiger partial charge in [-0.25, -0.2) is 0 Å². The van der Waals surface area contributed by atoms with Gasteiger partial charge in [0.05, 0.1) is 0 Å². The molecule has 0 bridgehead atoms. The molecule has 0 N–H and O–H groups in total. The van der Waals surface area contributed by atoms with Crippen LogP contribution in [0, 0.1) is 0 Å². The maximum Gasteiger partial charge on any atom is 0.128 e. The number of benzene rings is 10. The van der Waals surface area contributed by atoms with E-state index < -0.39 is 0 Å². The van der Waals surface area contributed by atoms with Crippen LogP contribution in [0.4, 0.5) is 0 Å². The van der Waals surface area contributed by atoms with Gasteiger partial charge < -0.3 is 4.42 Å². The van der Waals surface area contributed by atoms with Crippen LogP contribution in [0.15, 0.2) is 4.42 Å². The first-order valence-electron chi connectivity index (χ1n) is 23.8. The molecule has 0 spiro atoms. The van der Waals surface area contributed by atoms with Gasteiger partial charge in [-0.3, -0.25) is 0 Å². The van der Waals surface area contributed by atoms with Gasteiger partial charge in [-0.05, 0) is 92.7 Å². The van der Waals surface area contributed by atoms with Crippen molar-refractivity contribution in [2.24, 2.45) is 0 Å². The van der Waals surface area contributed by atoms with Gasteiger partial charge in [-0.15, -0.1) is 54.6 Å². The summed E-state index contributed by atoms with van der Waals surface area (Å²) in [6, 6.07) is 0. The molecule has 1 aromatic heterocycles. The van der Waals surface area contributed by atoms with E-state index in [1.54, 1.807) is 0 Å². The highest BCUT2D eigenvalue weighted by Gasteiger charge is 2.32. The smallest absolute Gasteiger partial charge is 0.128 e. The first-order chi connectivity index (χ1) is 37.8. The van der Waals surface area contributed by atoms with Crippen molar-refractivity contribution in [3.05, 3.63) is 0 Å². The van der Waals surface area contributed by atoms with Crippen molar-refractivity contribution >= 4 is 475 Å². The predicted molar refractivity (Wildman–Crippen MR) is 379 cm³/mol. The van der Waals surface area contributed by atoms with Gasteiger partial charge in [-0.1, -0.05) is 104 Å². The van der Waals surface area contributed by atoms with Crippen LogP contribution in [-0.4, -0.2) is 235 Å². The third-order valence-electron chi connectivity index (χ3n) is 16.0. The second-order valence-electron chi connectivity index (χ2n) is 19.9. The molecule has 0 aliphatic rings. The largest absolute Gasteiger partial charge is 0.457 e. The highest BCUT2D eigenvalue weighted by atomic mass is 16.3. The van der Waals surface area contributed by atoms with Gasteiger partial charge in [0.15, 0.2) is 0 Å². The van der Waals surface area contributed by atoms with Crippen LogP contribution in [0.3, 0.4) is 0 Å². The Kier molecular flexibility index (Phi) is 13.9. The molecular weight excluding hydrogens is 941 g/mol. The Hall–Kier alpha value is -4.75. The van der Waals surface area contributed by atoms with Gasteiger partial charge in [0.1, 0.15) is 247 Å². The molecule has 0 amide bonds. The molecule has 0 fully saturated rings. The van der Waals surface area contributed by atoms with Crippen LogP contribution in [0.5, 0.6) is 0 Å². The lowest BCUT2D eigenvalue weighted by Gasteiger charge is -2.33. The van der Waals surface area contributed by atoms with Gasteiger partial charge in [-0.2, -0.15) is 0 Å². The molecule has 1 nitrogen and oxygen atoms in total. The zero-order valence-corrected chi connectivity index (χ0v) is 42.7. The zero-order valence-electron chi connectivity index (χ0n) is 42.7. The fraction of sp³-hybridized carbons (Fsp3) is 0. The highest BCUT2D eigenvalue weighted by Crippen LogP contribution is 2.42. The molecule has 60 radical (unpaired) electrons. The molecule has 10 aromatic carbocycles. The van der Waals surface area contributed by atoms with Gasteiger partial charge in [0.25, 0.3) is 0 Å². The Morgan fingerprint density at radius 3 is 0.667 bits per heavy atom. The van der Waals surface area contributed by atoms with Crippen molar-refractivity contribution in [3.8, 4) is 33.4 Å². The van der Waals surface area contributed by atoms with Crippen LogP contribution in [0.25, 0.3) is 109 Å². The summed E-state index contributed by atoms with van der Waals surface area (Å²) in [5.74, 6) is 0. The number of fused-ring (bicyclic) bond motifs is 9. The SMILES string of the molecule is [B]c1c([B])c(-c2c3c([B])c([B])c([B])c([B])c3c(-c3c([B])c4c([B])c([B])c([B])c([B])c4c4c([B])c([B])c([B])c([B])c34)c3c([B])c([B])c([B])c([B])c23)c([B])c([B])c1-c1c([B])c([B])c2oc3c([B])c4c([B])c([B])c([B])c([B])c4c([B])c3c2c1[B]. The summed E-state index contributed by atoms with van der Waals surface area (Å²) in [5, 5.41) is 0.517. The third-order valence-corrected chi connectivity index (χ3v) is 16.0. The summed E-state index contributed by atoms with van der Waals surface area (Å²) in [6.07, 6.45) is 0. The van der Waals surface area contributed by atoms with Crippen molar-refractivity contribution in [1.29, 1.82) is 0 Å². The van der Waals surface area contributed by atoms with Crippen LogP contribution in [0.2, 0.25) is 0 Å². The number of rotatable bonds is 3. The normalized spacial score (nSPS) is 12.0. The third kappa shape index (κ3) is 7.30. The topological polar surface area (TPSA) is 13.1 Å². The minimum atomic E-state index is -0.304. The molecule has 11 rings (SSSR count). The fourth-order valence-electron chi connectivity index (χ4n) is 11.8. The van der Waals surface area contributed by atoms with Crippen LogP contribution in [-0.2, 0) is 0 Å². The molecule has 31 heteroatoms. The highest BCUT2D eigenvalue weighted by molar-refractivity contribution is 6.79. The second kappa shape index (κ2) is 19.4. The number of hydrogen-bond donors (Lipinski definition) is 0. The quantitative estimate of drug-likeness (QED) is 0.0977. The average Bonchev–Trinajstić information content (AvgIpc) is 4.00. The molecule has 0 unspecified atom stereocenters. The Bertz CT molecular complexity index is 4820. The summed E-state index contributed by atoms with van der Waals surface area (Å²) < 4.78 is 6.29. The molecule has 0 aliphatic heterocycles. The van der Waals surface area contributed by atoms with Crippen LogP contribution in [0.1, 0.15) is 0 Å². The Balaban J connectivity index is 1.36. The minimum absolute atomic E-state index is 0.00934. The van der Waals surface area contributed by atoms with Crippen LogP contribution < -0.4 is 164 Å². The fourth-order valence-corrected chi connectivity index (χ4v) is 11.8. The van der Waals surface area contributed by atoms with Gasteiger partial charge in [0.2, 0.25) is 0 Å². The van der Waals surface area contributed by atoms with E-state index in [9.17, 15) is 0 Å².